The van der Waals surface area contributed by atoms with Gasteiger partial charge in [0.1, 0.15) is 5.75 Å². The van der Waals surface area contributed by atoms with E-state index in [1.807, 2.05) is 0 Å². The van der Waals surface area contributed by atoms with Gasteiger partial charge in [-0.15, -0.1) is 0 Å². The molecular weight excluding hydrogens is 228 g/mol. The molecule has 1 rings (SSSR count). The van der Waals surface area contributed by atoms with Crippen molar-refractivity contribution in [3.8, 4) is 5.75 Å². The summed E-state index contributed by atoms with van der Waals surface area (Å²) in [5.74, 6) is 0.725. The minimum atomic E-state index is -0.0341. The molecule has 0 aromatic heterocycles. The summed E-state index contributed by atoms with van der Waals surface area (Å²) in [6.45, 7) is 4.81. The predicted molar refractivity (Wildman–Crippen MR) is 73.1 cm³/mol. The average molecular weight is 250 g/mol. The van der Waals surface area contributed by atoms with Gasteiger partial charge < -0.3 is 15.4 Å². The van der Waals surface area contributed by atoms with Crippen molar-refractivity contribution in [1.29, 1.82) is 0 Å². The Bertz CT molecular complexity index is 349. The van der Waals surface area contributed by atoms with E-state index in [2.05, 4.69) is 17.6 Å². The van der Waals surface area contributed by atoms with Crippen LogP contribution in [0.3, 0.4) is 0 Å². The van der Waals surface area contributed by atoms with E-state index < -0.39 is 0 Å². The van der Waals surface area contributed by atoms with Crippen LogP contribution >= 0.6 is 0 Å². The van der Waals surface area contributed by atoms with E-state index in [0.29, 0.717) is 12.1 Å². The van der Waals surface area contributed by atoms with Crippen LogP contribution in [0, 0.1) is 0 Å². The van der Waals surface area contributed by atoms with Crippen molar-refractivity contribution in [3.05, 3.63) is 29.8 Å². The smallest absolute Gasteiger partial charge is 0.251 e. The fraction of sp³-hybridized carbons (Fsp3) is 0.500. The van der Waals surface area contributed by atoms with Crippen molar-refractivity contribution >= 4 is 5.91 Å². The average Bonchev–Trinajstić information content (AvgIpc) is 2.42. The van der Waals surface area contributed by atoms with Crippen molar-refractivity contribution in [2.45, 2.75) is 19.8 Å². The highest BCUT2D eigenvalue weighted by atomic mass is 16.5. The van der Waals surface area contributed by atoms with Gasteiger partial charge in [0.05, 0.1) is 7.11 Å². The summed E-state index contributed by atoms with van der Waals surface area (Å²) in [6, 6.07) is 7.11. The molecule has 4 nitrogen and oxygen atoms in total. The number of carbonyl (C=O) groups is 1. The molecule has 2 N–H and O–H groups in total. The molecular formula is C14H22N2O2. The number of benzene rings is 1. The molecule has 0 saturated carbocycles. The Morgan fingerprint density at radius 1 is 1.17 bits per heavy atom. The van der Waals surface area contributed by atoms with Crippen LogP contribution in [0.15, 0.2) is 24.3 Å². The SMILES string of the molecule is CCCNCCCNC(=O)c1ccc(OC)cc1. The summed E-state index contributed by atoms with van der Waals surface area (Å²) in [5, 5.41) is 6.19. The third-order valence-electron chi connectivity index (χ3n) is 2.59. The Hall–Kier alpha value is -1.55. The molecule has 1 aromatic carbocycles. The number of amides is 1. The van der Waals surface area contributed by atoms with E-state index in [0.717, 1.165) is 31.7 Å². The largest absolute Gasteiger partial charge is 0.497 e. The molecule has 4 heteroatoms. The second-order valence-electron chi connectivity index (χ2n) is 4.09. The van der Waals surface area contributed by atoms with Gasteiger partial charge in [0.15, 0.2) is 0 Å². The van der Waals surface area contributed by atoms with Crippen LogP contribution in [0.1, 0.15) is 30.1 Å². The zero-order valence-electron chi connectivity index (χ0n) is 11.2. The molecule has 0 bridgehead atoms. The third-order valence-corrected chi connectivity index (χ3v) is 2.59. The molecule has 18 heavy (non-hydrogen) atoms. The summed E-state index contributed by atoms with van der Waals surface area (Å²) >= 11 is 0. The standard InChI is InChI=1S/C14H22N2O2/c1-3-9-15-10-4-11-16-14(17)12-5-7-13(18-2)8-6-12/h5-8,15H,3-4,9-11H2,1-2H3,(H,16,17). The van der Waals surface area contributed by atoms with E-state index in [1.165, 1.54) is 0 Å². The van der Waals surface area contributed by atoms with Gasteiger partial charge in [-0.1, -0.05) is 6.92 Å². The van der Waals surface area contributed by atoms with Crippen molar-refractivity contribution in [2.24, 2.45) is 0 Å². The maximum Gasteiger partial charge on any atom is 0.251 e. The molecule has 0 heterocycles. The number of methoxy groups -OCH3 is 1. The molecule has 0 unspecified atom stereocenters. The van der Waals surface area contributed by atoms with Crippen LogP contribution in [0.4, 0.5) is 0 Å². The molecule has 0 aliphatic rings. The minimum Gasteiger partial charge on any atom is -0.497 e. The van der Waals surface area contributed by atoms with E-state index >= 15 is 0 Å². The van der Waals surface area contributed by atoms with E-state index in [4.69, 9.17) is 4.74 Å². The molecule has 1 amide bonds. The molecule has 0 saturated heterocycles. The zero-order valence-corrected chi connectivity index (χ0v) is 11.2. The van der Waals surface area contributed by atoms with Gasteiger partial charge in [-0.3, -0.25) is 4.79 Å². The normalized spacial score (nSPS) is 10.1. The van der Waals surface area contributed by atoms with Crippen molar-refractivity contribution in [3.63, 3.8) is 0 Å². The number of nitrogens with one attached hydrogen (secondary N) is 2. The van der Waals surface area contributed by atoms with Crippen LogP contribution in [-0.2, 0) is 0 Å². The second-order valence-corrected chi connectivity index (χ2v) is 4.09. The number of carbonyl (C=O) groups excluding carboxylic acids is 1. The quantitative estimate of drug-likeness (QED) is 0.692. The highest BCUT2D eigenvalue weighted by Crippen LogP contribution is 2.10. The van der Waals surface area contributed by atoms with Gasteiger partial charge in [0.2, 0.25) is 0 Å². The molecule has 0 radical (unpaired) electrons. The monoisotopic (exact) mass is 250 g/mol. The van der Waals surface area contributed by atoms with Crippen LogP contribution in [-0.4, -0.2) is 32.7 Å². The Kier molecular flexibility index (Phi) is 6.87. The first kappa shape index (κ1) is 14.5. The van der Waals surface area contributed by atoms with Gasteiger partial charge in [-0.2, -0.15) is 0 Å². The molecule has 0 aliphatic heterocycles. The van der Waals surface area contributed by atoms with Gasteiger partial charge in [0, 0.05) is 12.1 Å². The van der Waals surface area contributed by atoms with Crippen molar-refractivity contribution in [2.75, 3.05) is 26.7 Å². The Labute approximate surface area is 109 Å². The molecule has 100 valence electrons. The van der Waals surface area contributed by atoms with Crippen LogP contribution in [0.2, 0.25) is 0 Å². The molecule has 0 fully saturated rings. The third kappa shape index (κ3) is 5.19. The van der Waals surface area contributed by atoms with E-state index in [9.17, 15) is 4.79 Å². The lowest BCUT2D eigenvalue weighted by atomic mass is 10.2. The highest BCUT2D eigenvalue weighted by molar-refractivity contribution is 5.94. The van der Waals surface area contributed by atoms with Gasteiger partial charge in [-0.25, -0.2) is 0 Å². The maximum atomic E-state index is 11.8. The second kappa shape index (κ2) is 8.53. The lowest BCUT2D eigenvalue weighted by Gasteiger charge is -2.06. The molecule has 0 spiro atoms. The number of hydrogen-bond donors (Lipinski definition) is 2. The first-order valence-electron chi connectivity index (χ1n) is 6.41. The summed E-state index contributed by atoms with van der Waals surface area (Å²) in [7, 11) is 1.61. The summed E-state index contributed by atoms with van der Waals surface area (Å²) in [4.78, 5) is 11.8. The van der Waals surface area contributed by atoms with Crippen LogP contribution in [0.25, 0.3) is 0 Å². The lowest BCUT2D eigenvalue weighted by Crippen LogP contribution is -2.27. The van der Waals surface area contributed by atoms with Gasteiger partial charge in [-0.05, 0) is 50.2 Å². The maximum absolute atomic E-state index is 11.8. The lowest BCUT2D eigenvalue weighted by molar-refractivity contribution is 0.0953. The minimum absolute atomic E-state index is 0.0341. The Morgan fingerprint density at radius 3 is 2.50 bits per heavy atom. The number of hydrogen-bond acceptors (Lipinski definition) is 3. The van der Waals surface area contributed by atoms with Crippen molar-refractivity contribution < 1.29 is 9.53 Å². The number of rotatable bonds is 8. The predicted octanol–water partition coefficient (Wildman–Crippen LogP) is 1.81. The van der Waals surface area contributed by atoms with Gasteiger partial charge >= 0.3 is 0 Å². The van der Waals surface area contributed by atoms with Crippen LogP contribution < -0.4 is 15.4 Å². The van der Waals surface area contributed by atoms with E-state index in [-0.39, 0.29) is 5.91 Å². The fourth-order valence-corrected chi connectivity index (χ4v) is 1.56. The molecule has 0 atom stereocenters. The number of ether oxygens (including phenoxy) is 1. The Morgan fingerprint density at radius 2 is 1.89 bits per heavy atom. The molecule has 0 aliphatic carbocycles. The Balaban J connectivity index is 2.23. The summed E-state index contributed by atoms with van der Waals surface area (Å²) < 4.78 is 5.04. The highest BCUT2D eigenvalue weighted by Gasteiger charge is 2.04. The van der Waals surface area contributed by atoms with E-state index in [1.54, 1.807) is 31.4 Å². The van der Waals surface area contributed by atoms with Gasteiger partial charge in [0.25, 0.3) is 5.91 Å². The van der Waals surface area contributed by atoms with Crippen LogP contribution in [0.5, 0.6) is 5.75 Å². The first-order valence-corrected chi connectivity index (χ1v) is 6.41. The fourth-order valence-electron chi connectivity index (χ4n) is 1.56. The molecule has 1 aromatic rings. The first-order chi connectivity index (χ1) is 8.77. The summed E-state index contributed by atoms with van der Waals surface area (Å²) in [5.41, 5.74) is 0.664. The topological polar surface area (TPSA) is 50.4 Å². The zero-order chi connectivity index (χ0) is 13.2. The summed E-state index contributed by atoms with van der Waals surface area (Å²) in [6.07, 6.45) is 2.08. The van der Waals surface area contributed by atoms with Crippen molar-refractivity contribution in [1.82, 2.24) is 10.6 Å².